The molecule has 4 aromatic rings. The monoisotopic (exact) mass is 475 g/mol. The van der Waals surface area contributed by atoms with Gasteiger partial charge in [0.25, 0.3) is 0 Å². The Hall–Kier alpha value is -4.20. The zero-order valence-electron chi connectivity index (χ0n) is 19.5. The number of hydrogen-bond donors (Lipinski definition) is 1. The van der Waals surface area contributed by atoms with Gasteiger partial charge in [-0.15, -0.1) is 10.2 Å². The number of benzene rings is 3. The van der Waals surface area contributed by atoms with Crippen molar-refractivity contribution in [3.8, 4) is 23.0 Å². The highest BCUT2D eigenvalue weighted by molar-refractivity contribution is 5.79. The molecule has 0 saturated heterocycles. The first-order chi connectivity index (χ1) is 17.1. The fraction of sp³-hybridized carbons (Fsp3) is 0.222. The second-order valence-electron chi connectivity index (χ2n) is 7.69. The lowest BCUT2D eigenvalue weighted by atomic mass is 10.1. The molecule has 3 aromatic carbocycles. The highest BCUT2D eigenvalue weighted by Crippen LogP contribution is 2.29. The molecule has 0 aliphatic heterocycles. The van der Waals surface area contributed by atoms with Gasteiger partial charge in [-0.3, -0.25) is 4.79 Å². The lowest BCUT2D eigenvalue weighted by molar-refractivity contribution is -0.121. The average molecular weight is 476 g/mol. The predicted octanol–water partition coefficient (Wildman–Crippen LogP) is 5.12. The van der Waals surface area contributed by atoms with Crippen LogP contribution in [0.25, 0.3) is 11.5 Å². The van der Waals surface area contributed by atoms with E-state index >= 15 is 0 Å². The van der Waals surface area contributed by atoms with Crippen LogP contribution >= 0.6 is 0 Å². The molecule has 0 spiro atoms. The molecule has 7 nitrogen and oxygen atoms in total. The molecule has 1 unspecified atom stereocenters. The Labute approximate surface area is 202 Å². The Kier molecular flexibility index (Phi) is 7.72. The highest BCUT2D eigenvalue weighted by atomic mass is 19.1. The van der Waals surface area contributed by atoms with Gasteiger partial charge in [-0.2, -0.15) is 0 Å². The lowest BCUT2D eigenvalue weighted by Crippen LogP contribution is -2.31. The van der Waals surface area contributed by atoms with Crippen LogP contribution in [0.4, 0.5) is 4.39 Å². The molecule has 4 rings (SSSR count). The van der Waals surface area contributed by atoms with E-state index in [9.17, 15) is 9.18 Å². The summed E-state index contributed by atoms with van der Waals surface area (Å²) in [7, 11) is 0. The summed E-state index contributed by atoms with van der Waals surface area (Å²) in [5.74, 6) is 1.08. The van der Waals surface area contributed by atoms with Gasteiger partial charge in [0.15, 0.2) is 11.5 Å². The van der Waals surface area contributed by atoms with Crippen LogP contribution < -0.4 is 14.8 Å². The van der Waals surface area contributed by atoms with E-state index in [0.717, 1.165) is 11.1 Å². The third-order valence-corrected chi connectivity index (χ3v) is 5.19. The van der Waals surface area contributed by atoms with Gasteiger partial charge in [0.1, 0.15) is 11.9 Å². The number of carbonyl (C=O) groups excluding carboxylic acids is 1. The Bertz CT molecular complexity index is 1260. The van der Waals surface area contributed by atoms with Crippen molar-refractivity contribution in [1.82, 2.24) is 15.5 Å². The van der Waals surface area contributed by atoms with Crippen LogP contribution in [0.1, 0.15) is 36.9 Å². The topological polar surface area (TPSA) is 86.5 Å². The van der Waals surface area contributed by atoms with Gasteiger partial charge in [-0.1, -0.05) is 36.4 Å². The molecule has 0 radical (unpaired) electrons. The largest absolute Gasteiger partial charge is 0.490 e. The molecule has 1 heterocycles. The van der Waals surface area contributed by atoms with Crippen LogP contribution in [-0.4, -0.2) is 29.3 Å². The lowest BCUT2D eigenvalue weighted by Gasteiger charge is -2.16. The van der Waals surface area contributed by atoms with Crippen LogP contribution in [0.5, 0.6) is 11.5 Å². The summed E-state index contributed by atoms with van der Waals surface area (Å²) in [6, 6.07) is 19.8. The fourth-order valence-corrected chi connectivity index (χ4v) is 3.59. The molecule has 1 amide bonds. The van der Waals surface area contributed by atoms with E-state index in [2.05, 4.69) is 15.5 Å². The van der Waals surface area contributed by atoms with Gasteiger partial charge >= 0.3 is 0 Å². The molecule has 1 N–H and O–H groups in total. The van der Waals surface area contributed by atoms with Gasteiger partial charge in [-0.05, 0) is 61.4 Å². The maximum absolute atomic E-state index is 13.6. The van der Waals surface area contributed by atoms with E-state index < -0.39 is 6.04 Å². The number of halogens is 1. The van der Waals surface area contributed by atoms with Crippen LogP contribution in [-0.2, 0) is 11.2 Å². The standard InChI is InChI=1S/C27H26FN3O4/c1-3-33-22-15-10-18(16-23(22)34-4-2)17-24(32)29-25(19-11-13-21(28)14-12-19)27-31-30-26(35-27)20-8-6-5-7-9-20/h5-16,25H,3-4,17H2,1-2H3,(H,29,32). The number of aromatic nitrogens is 2. The van der Waals surface area contributed by atoms with Gasteiger partial charge in [0.2, 0.25) is 17.7 Å². The molecule has 0 aliphatic carbocycles. The first kappa shape index (κ1) is 23.9. The first-order valence-corrected chi connectivity index (χ1v) is 11.4. The van der Waals surface area contributed by atoms with Crippen LogP contribution in [0.2, 0.25) is 0 Å². The van der Waals surface area contributed by atoms with Crippen molar-refractivity contribution in [1.29, 1.82) is 0 Å². The van der Waals surface area contributed by atoms with E-state index in [1.54, 1.807) is 24.3 Å². The van der Waals surface area contributed by atoms with E-state index in [4.69, 9.17) is 13.9 Å². The Morgan fingerprint density at radius 2 is 1.66 bits per heavy atom. The summed E-state index contributed by atoms with van der Waals surface area (Å²) < 4.78 is 30.7. The number of hydrogen-bond acceptors (Lipinski definition) is 6. The second kappa shape index (κ2) is 11.3. The van der Waals surface area contributed by atoms with Crippen LogP contribution in [0.15, 0.2) is 77.2 Å². The van der Waals surface area contributed by atoms with Crippen molar-refractivity contribution >= 4 is 5.91 Å². The summed E-state index contributed by atoms with van der Waals surface area (Å²) in [5.41, 5.74) is 2.13. The molecule has 0 fully saturated rings. The van der Waals surface area contributed by atoms with Gasteiger partial charge in [0, 0.05) is 5.56 Å². The second-order valence-corrected chi connectivity index (χ2v) is 7.69. The van der Waals surface area contributed by atoms with Crippen LogP contribution in [0, 0.1) is 5.82 Å². The van der Waals surface area contributed by atoms with E-state index in [0.29, 0.717) is 36.2 Å². The predicted molar refractivity (Wildman–Crippen MR) is 129 cm³/mol. The number of carbonyl (C=O) groups is 1. The fourth-order valence-electron chi connectivity index (χ4n) is 3.59. The third kappa shape index (κ3) is 6.03. The number of rotatable bonds is 10. The molecular formula is C27H26FN3O4. The molecule has 1 aromatic heterocycles. The summed E-state index contributed by atoms with van der Waals surface area (Å²) in [4.78, 5) is 13.0. The third-order valence-electron chi connectivity index (χ3n) is 5.19. The zero-order chi connectivity index (χ0) is 24.6. The molecular weight excluding hydrogens is 449 g/mol. The Balaban J connectivity index is 1.57. The molecule has 0 aliphatic rings. The number of nitrogens with zero attached hydrogens (tertiary/aromatic N) is 2. The van der Waals surface area contributed by atoms with Gasteiger partial charge < -0.3 is 19.2 Å². The van der Waals surface area contributed by atoms with E-state index in [-0.39, 0.29) is 24.0 Å². The quantitative estimate of drug-likeness (QED) is 0.343. The summed E-state index contributed by atoms with van der Waals surface area (Å²) in [5, 5.41) is 11.2. The van der Waals surface area contributed by atoms with E-state index in [1.165, 1.54) is 12.1 Å². The number of amides is 1. The minimum atomic E-state index is -0.748. The maximum Gasteiger partial charge on any atom is 0.247 e. The zero-order valence-corrected chi connectivity index (χ0v) is 19.5. The summed E-state index contributed by atoms with van der Waals surface area (Å²) in [6.45, 7) is 4.77. The first-order valence-electron chi connectivity index (χ1n) is 11.4. The number of ether oxygens (including phenoxy) is 2. The van der Waals surface area contributed by atoms with Gasteiger partial charge in [0.05, 0.1) is 19.6 Å². The van der Waals surface area contributed by atoms with Crippen molar-refractivity contribution < 1.29 is 23.1 Å². The minimum Gasteiger partial charge on any atom is -0.490 e. The molecule has 1 atom stereocenters. The Morgan fingerprint density at radius 1 is 0.943 bits per heavy atom. The average Bonchev–Trinajstić information content (AvgIpc) is 3.36. The van der Waals surface area contributed by atoms with Crippen molar-refractivity contribution in [2.75, 3.05) is 13.2 Å². The molecule has 180 valence electrons. The van der Waals surface area contributed by atoms with Crippen molar-refractivity contribution in [3.63, 3.8) is 0 Å². The van der Waals surface area contributed by atoms with Crippen molar-refractivity contribution in [3.05, 3.63) is 95.6 Å². The SMILES string of the molecule is CCOc1ccc(CC(=O)NC(c2ccc(F)cc2)c2nnc(-c3ccccc3)o2)cc1OCC. The van der Waals surface area contributed by atoms with Crippen molar-refractivity contribution in [2.45, 2.75) is 26.3 Å². The van der Waals surface area contributed by atoms with Crippen LogP contribution in [0.3, 0.4) is 0 Å². The van der Waals surface area contributed by atoms with Crippen molar-refractivity contribution in [2.24, 2.45) is 0 Å². The normalized spacial score (nSPS) is 11.6. The molecule has 0 saturated carbocycles. The molecule has 0 bridgehead atoms. The summed E-state index contributed by atoms with van der Waals surface area (Å²) in [6.07, 6.45) is 0.0872. The molecule has 35 heavy (non-hydrogen) atoms. The smallest absolute Gasteiger partial charge is 0.247 e. The highest BCUT2D eigenvalue weighted by Gasteiger charge is 2.24. The van der Waals surface area contributed by atoms with E-state index in [1.807, 2.05) is 50.2 Å². The maximum atomic E-state index is 13.6. The Morgan fingerprint density at radius 3 is 2.37 bits per heavy atom. The summed E-state index contributed by atoms with van der Waals surface area (Å²) >= 11 is 0. The van der Waals surface area contributed by atoms with Gasteiger partial charge in [-0.25, -0.2) is 4.39 Å². The number of nitrogens with one attached hydrogen (secondary N) is 1. The minimum absolute atomic E-state index is 0.0872. The molecule has 8 heteroatoms.